The minimum Gasteiger partial charge on any atom is -0.311 e. The van der Waals surface area contributed by atoms with E-state index in [9.17, 15) is 0 Å². The van der Waals surface area contributed by atoms with Crippen LogP contribution in [0.2, 0.25) is 0 Å². The van der Waals surface area contributed by atoms with Crippen LogP contribution in [0, 0.1) is 34.5 Å². The van der Waals surface area contributed by atoms with Crippen LogP contribution in [0.25, 0.3) is 0 Å². The van der Waals surface area contributed by atoms with Gasteiger partial charge in [-0.05, 0) is 126 Å². The van der Waals surface area contributed by atoms with E-state index in [1.165, 1.54) is 77.2 Å². The van der Waals surface area contributed by atoms with Crippen molar-refractivity contribution in [1.29, 1.82) is 0 Å². The molecule has 0 aromatic carbocycles. The van der Waals surface area contributed by atoms with E-state index in [1.807, 2.05) is 0 Å². The second-order valence-electron chi connectivity index (χ2n) is 15.4. The van der Waals surface area contributed by atoms with Crippen molar-refractivity contribution in [3.05, 3.63) is 0 Å². The smallest absolute Gasteiger partial charge is 0.0126 e. The molecule has 0 aromatic heterocycles. The summed E-state index contributed by atoms with van der Waals surface area (Å²) in [4.78, 5) is 5.53. The van der Waals surface area contributed by atoms with Crippen LogP contribution in [0.3, 0.4) is 0 Å². The van der Waals surface area contributed by atoms with Gasteiger partial charge in [0, 0.05) is 30.2 Å². The van der Waals surface area contributed by atoms with Gasteiger partial charge in [0.1, 0.15) is 0 Å². The van der Waals surface area contributed by atoms with Crippen LogP contribution in [0.5, 0.6) is 0 Å². The van der Waals surface area contributed by atoms with Crippen LogP contribution in [0.4, 0.5) is 0 Å². The number of rotatable bonds is 10. The summed E-state index contributed by atoms with van der Waals surface area (Å²) in [6.45, 7) is 23.8. The molecule has 0 saturated carbocycles. The van der Waals surface area contributed by atoms with Gasteiger partial charge in [-0.25, -0.2) is 0 Å². The first kappa shape index (κ1) is 31.4. The Morgan fingerprint density at radius 1 is 0.757 bits per heavy atom. The van der Waals surface area contributed by atoms with Gasteiger partial charge in [-0.15, -0.1) is 0 Å². The van der Waals surface area contributed by atoms with Crippen molar-refractivity contribution >= 4 is 0 Å². The number of hydrogen-bond donors (Lipinski definition) is 1. The summed E-state index contributed by atoms with van der Waals surface area (Å²) in [5.74, 6) is 3.29. The van der Waals surface area contributed by atoms with Gasteiger partial charge in [-0.3, -0.25) is 0 Å². The SMILES string of the molecule is CCC1C(C(C)(C)CC2CC[C@H](C(C)C)[C@H](CC)N2)CCC(CC(C)(C)[C@@H]2CCCN(C)[C@@H]2CC)N1C. The third-order valence-electron chi connectivity index (χ3n) is 11.9. The summed E-state index contributed by atoms with van der Waals surface area (Å²) in [5.41, 5.74) is 0.790. The normalized spacial score (nSPS) is 37.3. The maximum absolute atomic E-state index is 4.15. The molecular formula is C34H67N3. The Kier molecular flexibility index (Phi) is 11.1. The van der Waals surface area contributed by atoms with E-state index >= 15 is 0 Å². The molecule has 0 aromatic rings. The van der Waals surface area contributed by atoms with Crippen LogP contribution >= 0.6 is 0 Å². The Hall–Kier alpha value is -0.120. The number of piperidine rings is 3. The van der Waals surface area contributed by atoms with Crippen molar-refractivity contribution in [2.24, 2.45) is 34.5 Å². The maximum atomic E-state index is 4.15. The van der Waals surface area contributed by atoms with Crippen LogP contribution < -0.4 is 5.32 Å². The van der Waals surface area contributed by atoms with Gasteiger partial charge >= 0.3 is 0 Å². The highest BCUT2D eigenvalue weighted by atomic mass is 15.2. The first-order valence-electron chi connectivity index (χ1n) is 16.5. The summed E-state index contributed by atoms with van der Waals surface area (Å²) in [7, 11) is 4.86. The Bertz CT molecular complexity index is 685. The van der Waals surface area contributed by atoms with Gasteiger partial charge < -0.3 is 15.1 Å². The molecule has 3 heterocycles. The minimum atomic E-state index is 0.384. The molecule has 37 heavy (non-hydrogen) atoms. The zero-order chi connectivity index (χ0) is 27.5. The maximum Gasteiger partial charge on any atom is 0.0126 e. The monoisotopic (exact) mass is 518 g/mol. The Labute approximate surface area is 233 Å². The summed E-state index contributed by atoms with van der Waals surface area (Å²) in [5, 5.41) is 4.15. The Balaban J connectivity index is 1.66. The molecule has 0 aliphatic carbocycles. The highest BCUT2D eigenvalue weighted by Crippen LogP contribution is 2.48. The van der Waals surface area contributed by atoms with Crippen molar-refractivity contribution in [1.82, 2.24) is 15.1 Å². The van der Waals surface area contributed by atoms with Crippen LogP contribution in [0.15, 0.2) is 0 Å². The van der Waals surface area contributed by atoms with Gasteiger partial charge in [0.2, 0.25) is 0 Å². The second-order valence-corrected chi connectivity index (χ2v) is 15.4. The van der Waals surface area contributed by atoms with E-state index < -0.39 is 0 Å². The molecule has 3 saturated heterocycles. The van der Waals surface area contributed by atoms with Gasteiger partial charge in [0.05, 0.1) is 0 Å². The van der Waals surface area contributed by atoms with Crippen molar-refractivity contribution in [3.8, 4) is 0 Å². The molecule has 0 amide bonds. The molecule has 0 radical (unpaired) electrons. The van der Waals surface area contributed by atoms with Crippen molar-refractivity contribution in [2.45, 2.75) is 163 Å². The van der Waals surface area contributed by atoms with Gasteiger partial charge in [0.25, 0.3) is 0 Å². The average Bonchev–Trinajstić information content (AvgIpc) is 2.84. The van der Waals surface area contributed by atoms with Crippen LogP contribution in [-0.4, -0.2) is 60.6 Å². The molecule has 3 fully saturated rings. The molecular weight excluding hydrogens is 450 g/mol. The van der Waals surface area contributed by atoms with E-state index in [0.717, 1.165) is 41.8 Å². The molecule has 3 rings (SSSR count). The molecule has 0 spiro atoms. The predicted molar refractivity (Wildman–Crippen MR) is 163 cm³/mol. The molecule has 4 unspecified atom stereocenters. The second kappa shape index (κ2) is 13.0. The fraction of sp³-hybridized carbons (Fsp3) is 1.00. The first-order valence-corrected chi connectivity index (χ1v) is 16.5. The first-order chi connectivity index (χ1) is 17.4. The van der Waals surface area contributed by atoms with Crippen molar-refractivity contribution < 1.29 is 0 Å². The number of nitrogens with zero attached hydrogens (tertiary/aromatic N) is 2. The number of likely N-dealkylation sites (tertiary alicyclic amines) is 2. The van der Waals surface area contributed by atoms with Gasteiger partial charge in [0.15, 0.2) is 0 Å². The van der Waals surface area contributed by atoms with E-state index in [1.54, 1.807) is 0 Å². The molecule has 0 bridgehead atoms. The topological polar surface area (TPSA) is 18.5 Å². The van der Waals surface area contributed by atoms with Crippen molar-refractivity contribution in [2.75, 3.05) is 20.6 Å². The standard InChI is InChI=1S/C34H67N3/c1-12-30-27(24(4)5)19-17-25(35-30)22-33(6,7)29-20-18-26(37(11)32(29)14-3)23-34(8,9)28-16-15-21-36(10)31(28)13-2/h24-32,35H,12-23H2,1-11H3/t25?,26?,27-,28-,29?,30+,31-,32?/m1/s1. The highest BCUT2D eigenvalue weighted by molar-refractivity contribution is 5.00. The predicted octanol–water partition coefficient (Wildman–Crippen LogP) is 8.23. The summed E-state index contributed by atoms with van der Waals surface area (Å²) >= 11 is 0. The van der Waals surface area contributed by atoms with Crippen LogP contribution in [0.1, 0.15) is 133 Å². The van der Waals surface area contributed by atoms with Gasteiger partial charge in [-0.2, -0.15) is 0 Å². The molecule has 218 valence electrons. The summed E-state index contributed by atoms with van der Waals surface area (Å²) in [6.07, 6.45) is 14.9. The van der Waals surface area contributed by atoms with E-state index in [2.05, 4.69) is 91.5 Å². The molecule has 3 aliphatic heterocycles. The molecule has 3 heteroatoms. The lowest BCUT2D eigenvalue weighted by Crippen LogP contribution is -2.56. The summed E-state index contributed by atoms with van der Waals surface area (Å²) in [6, 6.07) is 3.62. The number of hydrogen-bond acceptors (Lipinski definition) is 3. The van der Waals surface area contributed by atoms with E-state index in [-0.39, 0.29) is 0 Å². The lowest BCUT2D eigenvalue weighted by molar-refractivity contribution is -0.0380. The quantitative estimate of drug-likeness (QED) is 0.315. The fourth-order valence-electron chi connectivity index (χ4n) is 9.82. The summed E-state index contributed by atoms with van der Waals surface area (Å²) < 4.78 is 0. The molecule has 8 atom stereocenters. The number of nitrogens with one attached hydrogen (secondary N) is 1. The zero-order valence-corrected chi connectivity index (χ0v) is 27.1. The molecule has 3 nitrogen and oxygen atoms in total. The van der Waals surface area contributed by atoms with Gasteiger partial charge in [-0.1, -0.05) is 62.3 Å². The lowest BCUT2D eigenvalue weighted by atomic mass is 9.62. The third kappa shape index (κ3) is 7.15. The third-order valence-corrected chi connectivity index (χ3v) is 11.9. The molecule has 3 aliphatic rings. The Morgan fingerprint density at radius 3 is 1.97 bits per heavy atom. The fourth-order valence-corrected chi connectivity index (χ4v) is 9.82. The highest BCUT2D eigenvalue weighted by Gasteiger charge is 2.46. The largest absolute Gasteiger partial charge is 0.311 e. The minimum absolute atomic E-state index is 0.384. The lowest BCUT2D eigenvalue weighted by Gasteiger charge is -2.54. The van der Waals surface area contributed by atoms with Crippen LogP contribution in [-0.2, 0) is 0 Å². The van der Waals surface area contributed by atoms with E-state index in [0.29, 0.717) is 22.9 Å². The Morgan fingerprint density at radius 2 is 1.38 bits per heavy atom. The van der Waals surface area contributed by atoms with Crippen molar-refractivity contribution in [3.63, 3.8) is 0 Å². The van der Waals surface area contributed by atoms with E-state index in [4.69, 9.17) is 0 Å². The molecule has 1 N–H and O–H groups in total. The average molecular weight is 518 g/mol. The zero-order valence-electron chi connectivity index (χ0n) is 27.1.